The van der Waals surface area contributed by atoms with Crippen molar-refractivity contribution in [1.82, 2.24) is 15.2 Å². The number of nitrogens with zero attached hydrogens (tertiary/aromatic N) is 2. The highest BCUT2D eigenvalue weighted by atomic mass is 15.2. The van der Waals surface area contributed by atoms with Gasteiger partial charge in [-0.1, -0.05) is 30.3 Å². The number of rotatable bonds is 3. The van der Waals surface area contributed by atoms with Gasteiger partial charge in [0.25, 0.3) is 0 Å². The highest BCUT2D eigenvalue weighted by Gasteiger charge is 2.07. The number of aromatic amines is 1. The van der Waals surface area contributed by atoms with Crippen molar-refractivity contribution in [3.63, 3.8) is 0 Å². The first-order valence-electron chi connectivity index (χ1n) is 4.51. The molecule has 1 aromatic heterocycles. The molecule has 4 nitrogen and oxygen atoms in total. The van der Waals surface area contributed by atoms with Gasteiger partial charge in [0, 0.05) is 12.5 Å². The summed E-state index contributed by atoms with van der Waals surface area (Å²) in [6.07, 6.45) is 2.18. The lowest BCUT2D eigenvalue weighted by molar-refractivity contribution is 0.690. The molecule has 0 unspecified atom stereocenters. The van der Waals surface area contributed by atoms with Crippen LogP contribution in [-0.4, -0.2) is 15.2 Å². The molecule has 1 heterocycles. The van der Waals surface area contributed by atoms with Gasteiger partial charge in [0.1, 0.15) is 12.2 Å². The zero-order chi connectivity index (χ0) is 9.80. The topological polar surface area (TPSA) is 67.6 Å². The maximum absolute atomic E-state index is 6.00. The highest BCUT2D eigenvalue weighted by molar-refractivity contribution is 5.19. The Hall–Kier alpha value is -1.68. The van der Waals surface area contributed by atoms with E-state index < -0.39 is 0 Å². The molecule has 0 spiro atoms. The first-order chi connectivity index (χ1) is 6.86. The van der Waals surface area contributed by atoms with Crippen LogP contribution in [0.4, 0.5) is 0 Å². The lowest BCUT2D eigenvalue weighted by Gasteiger charge is -2.09. The summed E-state index contributed by atoms with van der Waals surface area (Å²) in [6.45, 7) is 0. The molecule has 2 aromatic rings. The molecular weight excluding hydrogens is 176 g/mol. The number of hydrogen-bond acceptors (Lipinski definition) is 3. The van der Waals surface area contributed by atoms with Crippen molar-refractivity contribution in [3.8, 4) is 0 Å². The Morgan fingerprint density at radius 1 is 1.29 bits per heavy atom. The molecule has 0 bridgehead atoms. The fourth-order valence-corrected chi connectivity index (χ4v) is 1.36. The van der Waals surface area contributed by atoms with Crippen LogP contribution in [0.3, 0.4) is 0 Å². The molecule has 72 valence electrons. The molecule has 4 heteroatoms. The second-order valence-corrected chi connectivity index (χ2v) is 3.15. The van der Waals surface area contributed by atoms with E-state index in [1.54, 1.807) is 0 Å². The van der Waals surface area contributed by atoms with Crippen molar-refractivity contribution in [2.75, 3.05) is 0 Å². The van der Waals surface area contributed by atoms with Crippen molar-refractivity contribution in [1.29, 1.82) is 0 Å². The Balaban J connectivity index is 2.07. The van der Waals surface area contributed by atoms with Crippen molar-refractivity contribution in [3.05, 3.63) is 48.0 Å². The van der Waals surface area contributed by atoms with Gasteiger partial charge in [0.15, 0.2) is 0 Å². The molecule has 0 radical (unpaired) electrons. The van der Waals surface area contributed by atoms with Crippen molar-refractivity contribution in [2.45, 2.75) is 12.5 Å². The number of H-pyrrole nitrogens is 1. The first-order valence-corrected chi connectivity index (χ1v) is 4.51. The molecule has 1 aromatic carbocycles. The predicted octanol–water partition coefficient (Wildman–Crippen LogP) is 1.05. The normalized spacial score (nSPS) is 12.6. The number of nitrogens with two attached hydrogens (primary N) is 1. The second-order valence-electron chi connectivity index (χ2n) is 3.15. The van der Waals surface area contributed by atoms with Crippen LogP contribution in [0.2, 0.25) is 0 Å². The minimum Gasteiger partial charge on any atom is -0.324 e. The zero-order valence-electron chi connectivity index (χ0n) is 7.72. The average molecular weight is 188 g/mol. The van der Waals surface area contributed by atoms with Crippen LogP contribution in [0.1, 0.15) is 17.4 Å². The third kappa shape index (κ3) is 1.97. The number of hydrogen-bond donors (Lipinski definition) is 2. The molecule has 0 aliphatic rings. The second kappa shape index (κ2) is 4.02. The maximum atomic E-state index is 6.00. The van der Waals surface area contributed by atoms with E-state index in [9.17, 15) is 0 Å². The number of benzene rings is 1. The van der Waals surface area contributed by atoms with Gasteiger partial charge in [-0.3, -0.25) is 5.10 Å². The first kappa shape index (κ1) is 8.90. The summed E-state index contributed by atoms with van der Waals surface area (Å²) in [5.74, 6) is 0.821. The van der Waals surface area contributed by atoms with E-state index in [1.807, 2.05) is 30.3 Å². The van der Waals surface area contributed by atoms with Crippen LogP contribution in [0.25, 0.3) is 0 Å². The van der Waals surface area contributed by atoms with Crippen LogP contribution in [-0.2, 0) is 6.42 Å². The molecule has 0 fully saturated rings. The van der Waals surface area contributed by atoms with Crippen LogP contribution >= 0.6 is 0 Å². The quantitative estimate of drug-likeness (QED) is 0.756. The molecule has 1 atom stereocenters. The largest absolute Gasteiger partial charge is 0.324 e. The van der Waals surface area contributed by atoms with Gasteiger partial charge in [-0.25, -0.2) is 4.98 Å². The smallest absolute Gasteiger partial charge is 0.137 e. The summed E-state index contributed by atoms with van der Waals surface area (Å²) in [5.41, 5.74) is 7.11. The van der Waals surface area contributed by atoms with Gasteiger partial charge >= 0.3 is 0 Å². The molecule has 0 saturated heterocycles. The third-order valence-corrected chi connectivity index (χ3v) is 2.11. The Morgan fingerprint density at radius 2 is 2.07 bits per heavy atom. The number of nitrogens with one attached hydrogen (secondary N) is 1. The lowest BCUT2D eigenvalue weighted by Crippen LogP contribution is -2.13. The molecule has 0 amide bonds. The van der Waals surface area contributed by atoms with E-state index in [0.29, 0.717) is 6.42 Å². The van der Waals surface area contributed by atoms with E-state index in [-0.39, 0.29) is 6.04 Å². The van der Waals surface area contributed by atoms with Gasteiger partial charge in [0.2, 0.25) is 0 Å². The van der Waals surface area contributed by atoms with E-state index >= 15 is 0 Å². The van der Waals surface area contributed by atoms with E-state index in [1.165, 1.54) is 6.33 Å². The molecule has 0 aliphatic heterocycles. The van der Waals surface area contributed by atoms with Crippen LogP contribution in [0.5, 0.6) is 0 Å². The van der Waals surface area contributed by atoms with E-state index in [0.717, 1.165) is 11.4 Å². The SMILES string of the molecule is N[C@H](Cc1ncn[nH]1)c1ccccc1. The van der Waals surface area contributed by atoms with Crippen molar-refractivity contribution in [2.24, 2.45) is 5.73 Å². The Morgan fingerprint density at radius 3 is 2.71 bits per heavy atom. The predicted molar refractivity (Wildman–Crippen MR) is 53.5 cm³/mol. The van der Waals surface area contributed by atoms with Gasteiger partial charge in [-0.15, -0.1) is 0 Å². The van der Waals surface area contributed by atoms with Crippen LogP contribution < -0.4 is 5.73 Å². The molecule has 3 N–H and O–H groups in total. The number of aromatic nitrogens is 3. The van der Waals surface area contributed by atoms with Gasteiger partial charge < -0.3 is 5.73 Å². The zero-order valence-corrected chi connectivity index (χ0v) is 7.72. The van der Waals surface area contributed by atoms with Gasteiger partial charge in [-0.2, -0.15) is 5.10 Å². The minimum absolute atomic E-state index is 0.0239. The molecular formula is C10H12N4. The Kier molecular flexibility index (Phi) is 2.55. The fourth-order valence-electron chi connectivity index (χ4n) is 1.36. The van der Waals surface area contributed by atoms with Gasteiger partial charge in [0.05, 0.1) is 0 Å². The monoisotopic (exact) mass is 188 g/mol. The summed E-state index contributed by atoms with van der Waals surface area (Å²) in [4.78, 5) is 4.04. The Labute approximate surface area is 82.2 Å². The van der Waals surface area contributed by atoms with Gasteiger partial charge in [-0.05, 0) is 5.56 Å². The summed E-state index contributed by atoms with van der Waals surface area (Å²) in [6, 6.07) is 9.95. The van der Waals surface area contributed by atoms with E-state index in [4.69, 9.17) is 5.73 Å². The molecule has 14 heavy (non-hydrogen) atoms. The molecule has 0 saturated carbocycles. The maximum Gasteiger partial charge on any atom is 0.137 e. The summed E-state index contributed by atoms with van der Waals surface area (Å²) in [5, 5.41) is 6.57. The molecule has 0 aliphatic carbocycles. The van der Waals surface area contributed by atoms with E-state index in [2.05, 4.69) is 15.2 Å². The third-order valence-electron chi connectivity index (χ3n) is 2.11. The van der Waals surface area contributed by atoms with Crippen LogP contribution in [0, 0.1) is 0 Å². The van der Waals surface area contributed by atoms with Crippen molar-refractivity contribution < 1.29 is 0 Å². The minimum atomic E-state index is -0.0239. The highest BCUT2D eigenvalue weighted by Crippen LogP contribution is 2.12. The lowest BCUT2D eigenvalue weighted by atomic mass is 10.0. The fraction of sp³-hybridized carbons (Fsp3) is 0.200. The van der Waals surface area contributed by atoms with Crippen LogP contribution in [0.15, 0.2) is 36.7 Å². The Bertz CT molecular complexity index is 368. The summed E-state index contributed by atoms with van der Waals surface area (Å²) in [7, 11) is 0. The summed E-state index contributed by atoms with van der Waals surface area (Å²) < 4.78 is 0. The van der Waals surface area contributed by atoms with Crippen molar-refractivity contribution >= 4 is 0 Å². The average Bonchev–Trinajstić information content (AvgIpc) is 2.72. The molecule has 2 rings (SSSR count). The summed E-state index contributed by atoms with van der Waals surface area (Å²) >= 11 is 0. The standard InChI is InChI=1S/C10H12N4/c11-9(6-10-12-7-13-14-10)8-4-2-1-3-5-8/h1-5,7,9H,6,11H2,(H,12,13,14)/t9-/m1/s1.